The summed E-state index contributed by atoms with van der Waals surface area (Å²) in [5.74, 6) is 0.498. The van der Waals surface area contributed by atoms with Gasteiger partial charge in [0, 0.05) is 0 Å². The van der Waals surface area contributed by atoms with Crippen LogP contribution in [0.15, 0.2) is 303 Å². The molecule has 0 spiro atoms. The van der Waals surface area contributed by atoms with Crippen molar-refractivity contribution in [2.45, 2.75) is 103 Å². The van der Waals surface area contributed by atoms with E-state index in [0.717, 1.165) is 17.6 Å². The van der Waals surface area contributed by atoms with E-state index in [2.05, 4.69) is 323 Å². The predicted octanol–water partition coefficient (Wildman–Crippen LogP) is 25.2. The minimum atomic E-state index is 0. The second-order valence-electron chi connectivity index (χ2n) is 21.0. The van der Waals surface area contributed by atoms with E-state index >= 15 is 0 Å². The molecule has 10 aromatic rings. The van der Waals surface area contributed by atoms with E-state index in [-0.39, 0.29) is 7.43 Å². The number of hydrogen-bond acceptors (Lipinski definition) is 0. The minimum absolute atomic E-state index is 0. The van der Waals surface area contributed by atoms with E-state index in [4.69, 9.17) is 0 Å². The molecular formula is C86H92. The number of fused-ring (bicyclic) bond motifs is 1. The molecule has 0 radical (unpaired) electrons. The average Bonchev–Trinajstić information content (AvgIpc) is 1.39. The Balaban J connectivity index is 0.000000234. The highest BCUT2D eigenvalue weighted by Crippen LogP contribution is 2.42. The second-order valence-corrected chi connectivity index (χ2v) is 21.0. The van der Waals surface area contributed by atoms with Gasteiger partial charge in [0.1, 0.15) is 0 Å². The fourth-order valence-corrected chi connectivity index (χ4v) is 10.4. The number of hydrogen-bond donors (Lipinski definition) is 0. The van der Waals surface area contributed by atoms with Gasteiger partial charge in [0.25, 0.3) is 0 Å². The summed E-state index contributed by atoms with van der Waals surface area (Å²) in [7, 11) is 0. The zero-order valence-corrected chi connectivity index (χ0v) is 52.6. The summed E-state index contributed by atoms with van der Waals surface area (Å²) >= 11 is 0. The van der Waals surface area contributed by atoms with Gasteiger partial charge in [0.05, 0.1) is 0 Å². The van der Waals surface area contributed by atoms with Gasteiger partial charge < -0.3 is 0 Å². The normalized spacial score (nSPS) is 11.7. The van der Waals surface area contributed by atoms with Gasteiger partial charge in [-0.3, -0.25) is 0 Å². The van der Waals surface area contributed by atoms with E-state index in [1.807, 2.05) is 58.0 Å². The van der Waals surface area contributed by atoms with Crippen LogP contribution in [0.1, 0.15) is 117 Å². The zero-order valence-electron chi connectivity index (χ0n) is 52.6. The molecule has 0 aromatic heterocycles. The van der Waals surface area contributed by atoms with Crippen molar-refractivity contribution in [1.82, 2.24) is 0 Å². The standard InChI is InChI=1S/C36H34.C27H24.C11H10.C7H8.2C2H6.CH4/c1-7-15-30(23-29-18-10-9-11-19-29)24-31(8-2)34-22-27(5)35(32-21-14-17-26(32)4)28(6)36(34)33-20-13-12-16-25(33)3;1-21(23-16-18-27(19-17-23)25-10-6-3-7-11-25)20-22-12-14-26(15-13-22)24-8-4-2-5-9-24;1-9-6-7-10-4-2-3-5-11(10)8-9;1-7-5-3-2-4-6-7;2*1-2;/h7-13,15-24H,2H2,1,3-6H3;2-19,21H,20H2,1H3;2-8H,1H3;2-6H,1H3;2*1-2H3;1H4/b15-7-,30-23+,31-24+;;;;;;. The van der Waals surface area contributed by atoms with Crippen molar-refractivity contribution < 1.29 is 0 Å². The smallest absolute Gasteiger partial charge is 0.00658 e. The van der Waals surface area contributed by atoms with Gasteiger partial charge in [0.15, 0.2) is 0 Å². The van der Waals surface area contributed by atoms with Crippen LogP contribution in [0.2, 0.25) is 0 Å². The van der Waals surface area contributed by atoms with Crippen molar-refractivity contribution in [2.75, 3.05) is 0 Å². The second kappa shape index (κ2) is 35.7. The maximum atomic E-state index is 4.24. The van der Waals surface area contributed by atoms with E-state index in [9.17, 15) is 0 Å². The molecule has 0 saturated carbocycles. The minimum Gasteiger partial charge on any atom is -0.120 e. The molecule has 1 aliphatic carbocycles. The highest BCUT2D eigenvalue weighted by atomic mass is 14.2. The first-order chi connectivity index (χ1) is 41.5. The van der Waals surface area contributed by atoms with Crippen molar-refractivity contribution in [3.05, 3.63) is 358 Å². The Morgan fingerprint density at radius 1 is 0.488 bits per heavy atom. The molecule has 1 unspecified atom stereocenters. The molecular weight excluding hydrogens is 1030 g/mol. The molecule has 10 aromatic carbocycles. The highest BCUT2D eigenvalue weighted by molar-refractivity contribution is 5.95. The number of rotatable bonds is 12. The monoisotopic (exact) mass is 1120 g/mol. The van der Waals surface area contributed by atoms with Crippen molar-refractivity contribution in [1.29, 1.82) is 0 Å². The maximum Gasteiger partial charge on any atom is -0.00658 e. The number of benzene rings is 10. The van der Waals surface area contributed by atoms with Crippen LogP contribution in [0, 0.1) is 34.6 Å². The Bertz CT molecular complexity index is 3860. The highest BCUT2D eigenvalue weighted by Gasteiger charge is 2.21. The van der Waals surface area contributed by atoms with Crippen LogP contribution >= 0.6 is 0 Å². The molecule has 0 heteroatoms. The third-order valence-corrected chi connectivity index (χ3v) is 14.8. The summed E-state index contributed by atoms with van der Waals surface area (Å²) in [6.45, 7) is 29.6. The summed E-state index contributed by atoms with van der Waals surface area (Å²) in [6.07, 6.45) is 15.9. The molecule has 1 aliphatic rings. The SMILES string of the molecule is C.C=C\C(=C/C(/C=C\C)=C/c1ccccc1)c1cc(C)c(C2=C(C)C=C=C2)c(C)c1-c1ccccc1C.CC.CC.CC(Cc1ccc(-c2ccccc2)cc1)c1ccc(-c2ccccc2)cc1.Cc1ccc2ccccc2c1.Cc1ccccc1. The fourth-order valence-electron chi connectivity index (χ4n) is 10.4. The van der Waals surface area contributed by atoms with E-state index in [0.29, 0.717) is 5.92 Å². The van der Waals surface area contributed by atoms with Gasteiger partial charge in [-0.15, -0.1) is 5.73 Å². The fraction of sp³-hybridized carbons (Fsp3) is 0.174. The van der Waals surface area contributed by atoms with Crippen molar-refractivity contribution in [3.63, 3.8) is 0 Å². The van der Waals surface area contributed by atoms with Gasteiger partial charge >= 0.3 is 0 Å². The van der Waals surface area contributed by atoms with Crippen LogP contribution in [0.5, 0.6) is 0 Å². The molecule has 1 atom stereocenters. The lowest BCUT2D eigenvalue weighted by Crippen LogP contribution is -2.02. The largest absolute Gasteiger partial charge is 0.120 e. The molecule has 11 rings (SSSR count). The maximum absolute atomic E-state index is 4.24. The first-order valence-corrected chi connectivity index (χ1v) is 30.3. The van der Waals surface area contributed by atoms with E-state index < -0.39 is 0 Å². The van der Waals surface area contributed by atoms with Gasteiger partial charge in [0.2, 0.25) is 0 Å². The lowest BCUT2D eigenvalue weighted by atomic mass is 9.81. The van der Waals surface area contributed by atoms with E-state index in [1.54, 1.807) is 0 Å². The van der Waals surface area contributed by atoms with Crippen molar-refractivity contribution in [3.8, 4) is 33.4 Å². The summed E-state index contributed by atoms with van der Waals surface area (Å²) < 4.78 is 0. The number of allylic oxidation sites excluding steroid dienone is 9. The van der Waals surface area contributed by atoms with Gasteiger partial charge in [-0.25, -0.2) is 0 Å². The van der Waals surface area contributed by atoms with Gasteiger partial charge in [-0.2, -0.15) is 0 Å². The van der Waals surface area contributed by atoms with Crippen LogP contribution < -0.4 is 0 Å². The third-order valence-electron chi connectivity index (χ3n) is 14.8. The third kappa shape index (κ3) is 19.4. The Hall–Kier alpha value is -9.32. The molecule has 0 bridgehead atoms. The van der Waals surface area contributed by atoms with Crippen molar-refractivity contribution >= 4 is 28.0 Å². The van der Waals surface area contributed by atoms with Gasteiger partial charge in [-0.1, -0.05) is 321 Å². The first kappa shape index (κ1) is 67.5. The predicted molar refractivity (Wildman–Crippen MR) is 384 cm³/mol. The molecule has 0 heterocycles. The average molecular weight is 1130 g/mol. The summed E-state index contributed by atoms with van der Waals surface area (Å²) in [6, 6.07) is 85.7. The molecule has 0 amide bonds. The molecule has 86 heavy (non-hydrogen) atoms. The first-order valence-electron chi connectivity index (χ1n) is 30.3. The van der Waals surface area contributed by atoms with Crippen LogP contribution in [-0.2, 0) is 6.42 Å². The molecule has 0 nitrogen and oxygen atoms in total. The summed E-state index contributed by atoms with van der Waals surface area (Å²) in [5.41, 5.74) is 28.6. The molecule has 0 saturated heterocycles. The summed E-state index contributed by atoms with van der Waals surface area (Å²) in [5, 5.41) is 2.64. The molecule has 0 fully saturated rings. The Morgan fingerprint density at radius 3 is 1.52 bits per heavy atom. The van der Waals surface area contributed by atoms with Crippen molar-refractivity contribution in [2.24, 2.45) is 0 Å². The molecule has 436 valence electrons. The van der Waals surface area contributed by atoms with E-state index in [1.165, 1.54) is 111 Å². The Kier molecular flexibility index (Phi) is 28.0. The zero-order chi connectivity index (χ0) is 60.9. The number of aryl methyl sites for hydroxylation is 4. The Labute approximate surface area is 519 Å². The van der Waals surface area contributed by atoms with Crippen LogP contribution in [-0.4, -0.2) is 0 Å². The lowest BCUT2D eigenvalue weighted by Gasteiger charge is -2.22. The summed E-state index contributed by atoms with van der Waals surface area (Å²) in [4.78, 5) is 0. The topological polar surface area (TPSA) is 0 Å². The van der Waals surface area contributed by atoms with Crippen LogP contribution in [0.4, 0.5) is 0 Å². The van der Waals surface area contributed by atoms with Crippen LogP contribution in [0.25, 0.3) is 61.4 Å². The quantitative estimate of drug-likeness (QED) is 0.0845. The van der Waals surface area contributed by atoms with Gasteiger partial charge in [-0.05, 0) is 196 Å². The molecule has 0 aliphatic heterocycles. The van der Waals surface area contributed by atoms with Crippen LogP contribution in [0.3, 0.4) is 0 Å². The lowest BCUT2D eigenvalue weighted by molar-refractivity contribution is 0.759. The Morgan fingerprint density at radius 2 is 1.00 bits per heavy atom. The molecule has 0 N–H and O–H groups in total.